The van der Waals surface area contributed by atoms with Gasteiger partial charge in [0, 0.05) is 24.8 Å². The molecule has 0 saturated heterocycles. The van der Waals surface area contributed by atoms with Crippen LogP contribution in [-0.2, 0) is 24.8 Å². The Labute approximate surface area is 191 Å². The summed E-state index contributed by atoms with van der Waals surface area (Å²) in [6.45, 7) is 3.96. The molecule has 0 bridgehead atoms. The average Bonchev–Trinajstić information content (AvgIpc) is 3.28. The van der Waals surface area contributed by atoms with E-state index in [0.717, 1.165) is 56.7 Å². The topological polar surface area (TPSA) is 87.2 Å². The van der Waals surface area contributed by atoms with E-state index in [-0.39, 0.29) is 0 Å². The zero-order valence-corrected chi connectivity index (χ0v) is 20.2. The van der Waals surface area contributed by atoms with Crippen molar-refractivity contribution >= 4 is 31.9 Å². The first-order valence-corrected chi connectivity index (χ1v) is 11.5. The van der Waals surface area contributed by atoms with Gasteiger partial charge in [-0.2, -0.15) is 0 Å². The quantitative estimate of drug-likeness (QED) is 0.360. The van der Waals surface area contributed by atoms with Crippen LogP contribution in [0.5, 0.6) is 0 Å². The van der Waals surface area contributed by atoms with Gasteiger partial charge in [0.05, 0.1) is 34.2 Å². The highest BCUT2D eigenvalue weighted by Crippen LogP contribution is 2.29. The molecule has 0 fully saturated rings. The number of pyridine rings is 2. The van der Waals surface area contributed by atoms with Crippen LogP contribution in [0.3, 0.4) is 0 Å². The summed E-state index contributed by atoms with van der Waals surface area (Å²) in [5.41, 5.74) is 8.72. The van der Waals surface area contributed by atoms with Gasteiger partial charge in [-0.15, -0.1) is 10.2 Å². The summed E-state index contributed by atoms with van der Waals surface area (Å²) < 4.78 is 3.49. The molecule has 4 aromatic heterocycles. The third-order valence-corrected chi connectivity index (χ3v) is 6.34. The van der Waals surface area contributed by atoms with Crippen molar-refractivity contribution in [1.82, 2.24) is 40.0 Å². The second-order valence-corrected chi connectivity index (χ2v) is 8.17. The molecule has 0 radical (unpaired) electrons. The number of rotatable bonds is 5. The number of hydrogen-bond donors (Lipinski definition) is 0. The Hall–Kier alpha value is -2.46. The van der Waals surface area contributed by atoms with Crippen molar-refractivity contribution < 1.29 is 0 Å². The largest absolute Gasteiger partial charge is 0.252 e. The fraction of sp³-hybridized carbons (Fsp3) is 0.300. The average molecular weight is 532 g/mol. The van der Waals surface area contributed by atoms with Gasteiger partial charge in [-0.3, -0.25) is 9.36 Å². The van der Waals surface area contributed by atoms with Gasteiger partial charge in [0.1, 0.15) is 11.4 Å². The Morgan fingerprint density at radius 1 is 0.667 bits per heavy atom. The molecule has 0 aliphatic carbocycles. The van der Waals surface area contributed by atoms with Gasteiger partial charge in [0.2, 0.25) is 0 Å². The minimum Gasteiger partial charge on any atom is -0.252 e. The molecular formula is C20H20Br2N8. The highest BCUT2D eigenvalue weighted by Gasteiger charge is 2.17. The Kier molecular flexibility index (Phi) is 5.79. The van der Waals surface area contributed by atoms with Crippen molar-refractivity contribution in [3.8, 4) is 34.2 Å². The molecule has 4 rings (SSSR count). The van der Waals surface area contributed by atoms with Crippen LogP contribution in [0.25, 0.3) is 34.2 Å². The van der Waals surface area contributed by atoms with Crippen LogP contribution in [-0.4, -0.2) is 40.0 Å². The van der Waals surface area contributed by atoms with Gasteiger partial charge in [0.25, 0.3) is 0 Å². The van der Waals surface area contributed by atoms with Crippen molar-refractivity contribution in [2.75, 3.05) is 0 Å². The molecule has 10 heteroatoms. The van der Waals surface area contributed by atoms with Gasteiger partial charge in [-0.1, -0.05) is 42.3 Å². The number of nitrogens with zero attached hydrogens (tertiary/aromatic N) is 8. The zero-order valence-electron chi connectivity index (χ0n) is 17.1. The molecule has 8 nitrogen and oxygen atoms in total. The van der Waals surface area contributed by atoms with E-state index in [0.29, 0.717) is 10.7 Å². The molecule has 0 atom stereocenters. The Morgan fingerprint density at radius 2 is 1.03 bits per heavy atom. The standard InChI is InChI=1S/C20H20Br2N8/c1-11-19(25-27-29(11)3)17-7-13(9-21)5-15(23-17)16-6-14(10-22)8-18(24-16)20-12(2)30(4)28-26-20/h5-8H,9-10H2,1-4H3. The first kappa shape index (κ1) is 20.8. The number of aryl methyl sites for hydroxylation is 2. The summed E-state index contributed by atoms with van der Waals surface area (Å²) >= 11 is 7.14. The summed E-state index contributed by atoms with van der Waals surface area (Å²) in [4.78, 5) is 9.76. The van der Waals surface area contributed by atoms with Crippen molar-refractivity contribution in [2.24, 2.45) is 14.1 Å². The summed E-state index contributed by atoms with van der Waals surface area (Å²) in [6, 6.07) is 8.13. The van der Waals surface area contributed by atoms with E-state index in [9.17, 15) is 0 Å². The van der Waals surface area contributed by atoms with E-state index in [1.54, 1.807) is 9.36 Å². The van der Waals surface area contributed by atoms with E-state index < -0.39 is 0 Å². The van der Waals surface area contributed by atoms with Gasteiger partial charge in [-0.25, -0.2) is 9.97 Å². The minimum atomic E-state index is 0.698. The maximum atomic E-state index is 4.88. The Balaban J connectivity index is 1.89. The van der Waals surface area contributed by atoms with E-state index in [1.807, 2.05) is 52.2 Å². The van der Waals surface area contributed by atoms with Crippen molar-refractivity contribution in [3.05, 3.63) is 46.8 Å². The van der Waals surface area contributed by atoms with Crippen molar-refractivity contribution in [2.45, 2.75) is 24.5 Å². The molecule has 0 N–H and O–H groups in total. The van der Waals surface area contributed by atoms with Crippen LogP contribution in [0.1, 0.15) is 22.5 Å². The van der Waals surface area contributed by atoms with Crippen LogP contribution < -0.4 is 0 Å². The summed E-state index contributed by atoms with van der Waals surface area (Å²) in [5.74, 6) is 0. The molecule has 4 heterocycles. The number of hydrogen-bond acceptors (Lipinski definition) is 6. The first-order valence-electron chi connectivity index (χ1n) is 9.28. The van der Waals surface area contributed by atoms with Gasteiger partial charge < -0.3 is 0 Å². The van der Waals surface area contributed by atoms with Gasteiger partial charge >= 0.3 is 0 Å². The lowest BCUT2D eigenvalue weighted by Gasteiger charge is -2.10. The van der Waals surface area contributed by atoms with Crippen LogP contribution >= 0.6 is 31.9 Å². The van der Waals surface area contributed by atoms with Crippen LogP contribution in [0.4, 0.5) is 0 Å². The van der Waals surface area contributed by atoms with Crippen molar-refractivity contribution in [3.63, 3.8) is 0 Å². The van der Waals surface area contributed by atoms with E-state index in [2.05, 4.69) is 52.5 Å². The molecule has 154 valence electrons. The SMILES string of the molecule is Cc1c(-c2cc(CBr)cc(-c3cc(CBr)cc(-c4nnn(C)c4C)n3)n2)nnn1C. The molecule has 0 aromatic carbocycles. The maximum absolute atomic E-state index is 4.88. The molecule has 0 unspecified atom stereocenters. The summed E-state index contributed by atoms with van der Waals surface area (Å²) in [5, 5.41) is 18.2. The lowest BCUT2D eigenvalue weighted by molar-refractivity contribution is 0.696. The van der Waals surface area contributed by atoms with Crippen LogP contribution in [0.15, 0.2) is 24.3 Å². The second-order valence-electron chi connectivity index (χ2n) is 7.05. The lowest BCUT2D eigenvalue weighted by atomic mass is 10.1. The second kappa shape index (κ2) is 8.35. The maximum Gasteiger partial charge on any atom is 0.134 e. The van der Waals surface area contributed by atoms with Crippen LogP contribution in [0.2, 0.25) is 0 Å². The summed E-state index contributed by atoms with van der Waals surface area (Å²) in [6.07, 6.45) is 0. The van der Waals surface area contributed by atoms with E-state index >= 15 is 0 Å². The zero-order chi connectivity index (χ0) is 21.4. The first-order chi connectivity index (χ1) is 14.4. The fourth-order valence-electron chi connectivity index (χ4n) is 3.12. The predicted molar refractivity (Wildman–Crippen MR) is 122 cm³/mol. The number of halogens is 2. The highest BCUT2D eigenvalue weighted by molar-refractivity contribution is 9.08. The summed E-state index contributed by atoms with van der Waals surface area (Å²) in [7, 11) is 3.75. The van der Waals surface area contributed by atoms with Gasteiger partial charge in [-0.05, 0) is 49.2 Å². The smallest absolute Gasteiger partial charge is 0.134 e. The molecule has 30 heavy (non-hydrogen) atoms. The third kappa shape index (κ3) is 3.81. The fourth-order valence-corrected chi connectivity index (χ4v) is 3.76. The molecular weight excluding hydrogens is 512 g/mol. The number of aromatic nitrogens is 8. The molecule has 0 spiro atoms. The van der Waals surface area contributed by atoms with E-state index in [4.69, 9.17) is 9.97 Å². The molecule has 4 aromatic rings. The minimum absolute atomic E-state index is 0.698. The Bertz CT molecular complexity index is 1130. The molecule has 0 amide bonds. The Morgan fingerprint density at radius 3 is 1.33 bits per heavy atom. The number of alkyl halides is 2. The highest BCUT2D eigenvalue weighted by atomic mass is 79.9. The third-order valence-electron chi connectivity index (χ3n) is 5.04. The van der Waals surface area contributed by atoms with Crippen molar-refractivity contribution in [1.29, 1.82) is 0 Å². The molecule has 0 saturated carbocycles. The van der Waals surface area contributed by atoms with Crippen LogP contribution in [0, 0.1) is 13.8 Å². The monoisotopic (exact) mass is 530 g/mol. The predicted octanol–water partition coefficient (Wildman–Crippen LogP) is 4.14. The van der Waals surface area contributed by atoms with Gasteiger partial charge in [0.15, 0.2) is 0 Å². The molecule has 0 aliphatic rings. The normalized spacial score (nSPS) is 11.3. The lowest BCUT2D eigenvalue weighted by Crippen LogP contribution is -1.98. The van der Waals surface area contributed by atoms with E-state index in [1.165, 1.54) is 0 Å². The molecule has 0 aliphatic heterocycles.